The van der Waals surface area contributed by atoms with Crippen molar-refractivity contribution in [3.8, 4) is 6.01 Å². The highest BCUT2D eigenvalue weighted by molar-refractivity contribution is 6.28. The van der Waals surface area contributed by atoms with Gasteiger partial charge in [0.25, 0.3) is 0 Å². The van der Waals surface area contributed by atoms with Gasteiger partial charge in [0.2, 0.25) is 11.2 Å². The molecule has 0 fully saturated rings. The molecule has 2 heterocycles. The van der Waals surface area contributed by atoms with Gasteiger partial charge in [0.05, 0.1) is 6.61 Å². The Kier molecular flexibility index (Phi) is 3.69. The highest BCUT2D eigenvalue weighted by Gasteiger charge is 2.21. The van der Waals surface area contributed by atoms with Crippen LogP contribution in [0.4, 0.5) is 11.6 Å². The third-order valence-corrected chi connectivity index (χ3v) is 3.37. The van der Waals surface area contributed by atoms with Crippen molar-refractivity contribution >= 4 is 23.2 Å². The number of para-hydroxylation sites is 1. The van der Waals surface area contributed by atoms with E-state index in [9.17, 15) is 0 Å². The lowest BCUT2D eigenvalue weighted by Gasteiger charge is -2.29. The standard InChI is InChI=1S/C14H15ClN4O/c1-2-20-14-17-12(15)16-13(18-14)19-9-5-7-10-6-3-4-8-11(10)19/h3-4,6,8H,2,5,7,9H2,1H3. The van der Waals surface area contributed by atoms with Crippen LogP contribution in [-0.2, 0) is 6.42 Å². The van der Waals surface area contributed by atoms with Crippen LogP contribution in [0.5, 0.6) is 6.01 Å². The van der Waals surface area contributed by atoms with E-state index in [2.05, 4.69) is 32.0 Å². The number of rotatable bonds is 3. The number of benzene rings is 1. The van der Waals surface area contributed by atoms with E-state index < -0.39 is 0 Å². The molecule has 0 amide bonds. The monoisotopic (exact) mass is 290 g/mol. The smallest absolute Gasteiger partial charge is 0.322 e. The lowest BCUT2D eigenvalue weighted by molar-refractivity contribution is 0.311. The van der Waals surface area contributed by atoms with Gasteiger partial charge < -0.3 is 9.64 Å². The van der Waals surface area contributed by atoms with Gasteiger partial charge in [-0.1, -0.05) is 18.2 Å². The summed E-state index contributed by atoms with van der Waals surface area (Å²) in [6.45, 7) is 3.24. The van der Waals surface area contributed by atoms with E-state index in [4.69, 9.17) is 16.3 Å². The maximum absolute atomic E-state index is 5.96. The van der Waals surface area contributed by atoms with E-state index >= 15 is 0 Å². The molecule has 0 saturated heterocycles. The molecule has 0 N–H and O–H groups in total. The molecule has 20 heavy (non-hydrogen) atoms. The van der Waals surface area contributed by atoms with Gasteiger partial charge in [-0.15, -0.1) is 0 Å². The lowest BCUT2D eigenvalue weighted by Crippen LogP contribution is -2.26. The summed E-state index contributed by atoms with van der Waals surface area (Å²) in [5.41, 5.74) is 2.43. The minimum absolute atomic E-state index is 0.154. The second-order valence-corrected chi connectivity index (χ2v) is 4.84. The number of aromatic nitrogens is 3. The molecule has 0 spiro atoms. The van der Waals surface area contributed by atoms with E-state index in [1.54, 1.807) is 0 Å². The number of aryl methyl sites for hydroxylation is 1. The van der Waals surface area contributed by atoms with Gasteiger partial charge in [-0.05, 0) is 43.0 Å². The molecule has 1 aliphatic rings. The molecule has 0 atom stereocenters. The number of halogens is 1. The van der Waals surface area contributed by atoms with Crippen molar-refractivity contribution in [2.24, 2.45) is 0 Å². The van der Waals surface area contributed by atoms with Crippen molar-refractivity contribution in [3.63, 3.8) is 0 Å². The molecule has 2 aromatic rings. The van der Waals surface area contributed by atoms with Crippen molar-refractivity contribution in [1.82, 2.24) is 15.0 Å². The maximum atomic E-state index is 5.96. The number of hydrogen-bond acceptors (Lipinski definition) is 5. The predicted octanol–water partition coefficient (Wildman–Crippen LogP) is 3.01. The first-order valence-electron chi connectivity index (χ1n) is 6.67. The second-order valence-electron chi connectivity index (χ2n) is 4.50. The Morgan fingerprint density at radius 1 is 1.25 bits per heavy atom. The van der Waals surface area contributed by atoms with Gasteiger partial charge in [0, 0.05) is 12.2 Å². The summed E-state index contributed by atoms with van der Waals surface area (Å²) in [5.74, 6) is 0.542. The molecule has 0 unspecified atom stereocenters. The number of fused-ring (bicyclic) bond motifs is 1. The molecule has 1 aromatic heterocycles. The molecule has 6 heteroatoms. The van der Waals surface area contributed by atoms with Gasteiger partial charge in [-0.25, -0.2) is 0 Å². The quantitative estimate of drug-likeness (QED) is 0.870. The zero-order chi connectivity index (χ0) is 13.9. The number of anilines is 2. The maximum Gasteiger partial charge on any atom is 0.322 e. The summed E-state index contributed by atoms with van der Waals surface area (Å²) in [4.78, 5) is 14.6. The normalized spacial score (nSPS) is 14.0. The summed E-state index contributed by atoms with van der Waals surface area (Å²) < 4.78 is 5.33. The fourth-order valence-corrected chi connectivity index (χ4v) is 2.53. The van der Waals surface area contributed by atoms with Gasteiger partial charge in [-0.2, -0.15) is 15.0 Å². The minimum atomic E-state index is 0.154. The number of nitrogens with zero attached hydrogens (tertiary/aromatic N) is 4. The molecule has 1 aromatic carbocycles. The zero-order valence-electron chi connectivity index (χ0n) is 11.2. The average molecular weight is 291 g/mol. The average Bonchev–Trinajstić information content (AvgIpc) is 2.46. The van der Waals surface area contributed by atoms with Crippen molar-refractivity contribution < 1.29 is 4.74 Å². The van der Waals surface area contributed by atoms with Crippen molar-refractivity contribution in [2.75, 3.05) is 18.1 Å². The molecular formula is C14H15ClN4O. The van der Waals surface area contributed by atoms with Crippen LogP contribution >= 0.6 is 11.6 Å². The number of ether oxygens (including phenoxy) is 1. The minimum Gasteiger partial charge on any atom is -0.464 e. The first-order valence-corrected chi connectivity index (χ1v) is 7.05. The Labute approximate surface area is 122 Å². The van der Waals surface area contributed by atoms with Gasteiger partial charge in [0.15, 0.2) is 0 Å². The topological polar surface area (TPSA) is 51.1 Å². The Morgan fingerprint density at radius 2 is 2.10 bits per heavy atom. The molecule has 0 radical (unpaired) electrons. The Morgan fingerprint density at radius 3 is 2.95 bits per heavy atom. The number of hydrogen-bond donors (Lipinski definition) is 0. The Bertz CT molecular complexity index is 620. The Balaban J connectivity index is 2.01. The molecule has 3 rings (SSSR count). The van der Waals surface area contributed by atoms with Crippen LogP contribution in [0.3, 0.4) is 0 Å². The summed E-state index contributed by atoms with van der Waals surface area (Å²) in [7, 11) is 0. The van der Waals surface area contributed by atoms with E-state index in [0.717, 1.165) is 25.1 Å². The first kappa shape index (κ1) is 13.1. The molecule has 0 aliphatic carbocycles. The van der Waals surface area contributed by atoms with Crippen LogP contribution in [-0.4, -0.2) is 28.1 Å². The fourth-order valence-electron chi connectivity index (χ4n) is 2.38. The van der Waals surface area contributed by atoms with E-state index in [1.807, 2.05) is 19.1 Å². The van der Waals surface area contributed by atoms with E-state index in [0.29, 0.717) is 12.6 Å². The third kappa shape index (κ3) is 2.54. The largest absolute Gasteiger partial charge is 0.464 e. The van der Waals surface area contributed by atoms with Crippen LogP contribution in [0.15, 0.2) is 24.3 Å². The van der Waals surface area contributed by atoms with Crippen LogP contribution in [0.2, 0.25) is 5.28 Å². The van der Waals surface area contributed by atoms with Gasteiger partial charge in [-0.3, -0.25) is 0 Å². The summed E-state index contributed by atoms with van der Waals surface area (Å²) in [6, 6.07) is 8.54. The van der Waals surface area contributed by atoms with E-state index in [1.165, 1.54) is 5.56 Å². The highest BCUT2D eigenvalue weighted by Crippen LogP contribution is 2.32. The van der Waals surface area contributed by atoms with Crippen LogP contribution in [0, 0.1) is 0 Å². The first-order chi connectivity index (χ1) is 9.78. The predicted molar refractivity (Wildman–Crippen MR) is 77.8 cm³/mol. The SMILES string of the molecule is CCOc1nc(Cl)nc(N2CCCc3ccccc32)n1. The van der Waals surface area contributed by atoms with Crippen molar-refractivity contribution in [2.45, 2.75) is 19.8 Å². The summed E-state index contributed by atoms with van der Waals surface area (Å²) in [5, 5.41) is 0.154. The molecule has 104 valence electrons. The molecule has 5 nitrogen and oxygen atoms in total. The molecular weight excluding hydrogens is 276 g/mol. The zero-order valence-corrected chi connectivity index (χ0v) is 12.0. The molecule has 0 bridgehead atoms. The second kappa shape index (κ2) is 5.63. The Hall–Kier alpha value is -1.88. The van der Waals surface area contributed by atoms with Gasteiger partial charge >= 0.3 is 6.01 Å². The van der Waals surface area contributed by atoms with Gasteiger partial charge in [0.1, 0.15) is 0 Å². The van der Waals surface area contributed by atoms with Crippen LogP contribution in [0.1, 0.15) is 18.9 Å². The third-order valence-electron chi connectivity index (χ3n) is 3.20. The fraction of sp³-hybridized carbons (Fsp3) is 0.357. The van der Waals surface area contributed by atoms with Crippen molar-refractivity contribution in [3.05, 3.63) is 35.1 Å². The molecule has 0 saturated carbocycles. The molecule has 1 aliphatic heterocycles. The highest BCUT2D eigenvalue weighted by atomic mass is 35.5. The van der Waals surface area contributed by atoms with Crippen LogP contribution < -0.4 is 9.64 Å². The van der Waals surface area contributed by atoms with Crippen LogP contribution in [0.25, 0.3) is 0 Å². The summed E-state index contributed by atoms with van der Waals surface area (Å²) in [6.07, 6.45) is 2.13. The lowest BCUT2D eigenvalue weighted by atomic mass is 10.0. The van der Waals surface area contributed by atoms with E-state index in [-0.39, 0.29) is 11.3 Å². The van der Waals surface area contributed by atoms with Crippen molar-refractivity contribution in [1.29, 1.82) is 0 Å². The summed E-state index contributed by atoms with van der Waals surface area (Å²) >= 11 is 5.96.